The van der Waals surface area contributed by atoms with E-state index in [9.17, 15) is 0 Å². The Labute approximate surface area is 138 Å². The zero-order valence-corrected chi connectivity index (χ0v) is 14.7. The molecule has 22 heavy (non-hydrogen) atoms. The number of hydrogen-bond acceptors (Lipinski definition) is 0. The Morgan fingerprint density at radius 3 is 2.36 bits per heavy atom. The van der Waals surface area contributed by atoms with Gasteiger partial charge in [-0.05, 0) is 49.5 Å². The molecule has 1 unspecified atom stereocenters. The van der Waals surface area contributed by atoms with E-state index >= 15 is 0 Å². The van der Waals surface area contributed by atoms with Crippen molar-refractivity contribution >= 4 is 0 Å². The van der Waals surface area contributed by atoms with Gasteiger partial charge in [-0.25, -0.2) is 0 Å². The van der Waals surface area contributed by atoms with Crippen LogP contribution in [0.1, 0.15) is 81.8 Å². The van der Waals surface area contributed by atoms with E-state index < -0.39 is 0 Å². The van der Waals surface area contributed by atoms with Gasteiger partial charge in [-0.15, -0.1) is 6.58 Å². The molecule has 0 spiro atoms. The molecule has 1 aromatic carbocycles. The molecule has 0 amide bonds. The van der Waals surface area contributed by atoms with Crippen LogP contribution in [0.5, 0.6) is 0 Å². The molecule has 1 aliphatic carbocycles. The molecule has 0 aliphatic heterocycles. The molecule has 122 valence electrons. The van der Waals surface area contributed by atoms with Crippen molar-refractivity contribution in [3.63, 3.8) is 0 Å². The Bertz CT molecular complexity index is 420. The summed E-state index contributed by atoms with van der Waals surface area (Å²) in [6, 6.07) is 9.22. The Morgan fingerprint density at radius 2 is 1.77 bits per heavy atom. The van der Waals surface area contributed by atoms with Gasteiger partial charge in [0.1, 0.15) is 0 Å². The van der Waals surface area contributed by atoms with E-state index in [1.807, 2.05) is 0 Å². The first kappa shape index (κ1) is 17.3. The van der Waals surface area contributed by atoms with Crippen LogP contribution in [0.2, 0.25) is 0 Å². The molecule has 0 N–H and O–H groups in total. The minimum Gasteiger partial charge on any atom is -0.103 e. The molecule has 0 bridgehead atoms. The van der Waals surface area contributed by atoms with Gasteiger partial charge in [-0.2, -0.15) is 0 Å². The lowest BCUT2D eigenvalue weighted by atomic mass is 9.71. The molecule has 0 heteroatoms. The second-order valence-electron chi connectivity index (χ2n) is 7.32. The third-order valence-electron chi connectivity index (χ3n) is 5.60. The monoisotopic (exact) mass is 298 g/mol. The Morgan fingerprint density at radius 1 is 1.09 bits per heavy atom. The maximum Gasteiger partial charge on any atom is -0.00991 e. The molecule has 0 aromatic heterocycles. The Kier molecular flexibility index (Phi) is 7.22. The van der Waals surface area contributed by atoms with Gasteiger partial charge in [-0.1, -0.05) is 81.4 Å². The van der Waals surface area contributed by atoms with Gasteiger partial charge in [0.25, 0.3) is 0 Å². The van der Waals surface area contributed by atoms with Crippen LogP contribution in [0, 0.1) is 18.8 Å². The first-order valence-corrected chi connectivity index (χ1v) is 9.42. The average molecular weight is 299 g/mol. The highest BCUT2D eigenvalue weighted by Gasteiger charge is 2.27. The average Bonchev–Trinajstić information content (AvgIpc) is 2.55. The van der Waals surface area contributed by atoms with Crippen LogP contribution in [0.25, 0.3) is 0 Å². The summed E-state index contributed by atoms with van der Waals surface area (Å²) in [5, 5.41) is 0. The first-order chi connectivity index (χ1) is 10.7. The lowest BCUT2D eigenvalue weighted by Crippen LogP contribution is -2.20. The molecule has 0 nitrogen and oxygen atoms in total. The van der Waals surface area contributed by atoms with Crippen molar-refractivity contribution in [1.82, 2.24) is 0 Å². The summed E-state index contributed by atoms with van der Waals surface area (Å²) in [5.41, 5.74) is 2.89. The summed E-state index contributed by atoms with van der Waals surface area (Å²) < 4.78 is 0. The lowest BCUT2D eigenvalue weighted by molar-refractivity contribution is 0.230. The predicted molar refractivity (Wildman–Crippen MR) is 98.3 cm³/mol. The SMILES string of the molecule is C=CCC(c1ccc(C)cc1)[C@H]1CC[C@H](CCCCC)CC1. The minimum atomic E-state index is 0.690. The van der Waals surface area contributed by atoms with Gasteiger partial charge >= 0.3 is 0 Å². The van der Waals surface area contributed by atoms with Crippen LogP contribution in [-0.2, 0) is 0 Å². The van der Waals surface area contributed by atoms with Crippen molar-refractivity contribution in [2.24, 2.45) is 11.8 Å². The molecule has 1 fully saturated rings. The largest absolute Gasteiger partial charge is 0.103 e. The van der Waals surface area contributed by atoms with Crippen molar-refractivity contribution in [2.75, 3.05) is 0 Å². The number of hydrogen-bond donors (Lipinski definition) is 0. The molecule has 0 saturated heterocycles. The van der Waals surface area contributed by atoms with Crippen LogP contribution in [0.4, 0.5) is 0 Å². The predicted octanol–water partition coefficient (Wildman–Crippen LogP) is 7.04. The second-order valence-corrected chi connectivity index (χ2v) is 7.32. The topological polar surface area (TPSA) is 0 Å². The third kappa shape index (κ3) is 5.00. The molecular formula is C22H34. The Balaban J connectivity index is 1.91. The van der Waals surface area contributed by atoms with Crippen molar-refractivity contribution < 1.29 is 0 Å². The fraction of sp³-hybridized carbons (Fsp3) is 0.636. The highest BCUT2D eigenvalue weighted by molar-refractivity contribution is 5.25. The number of unbranched alkanes of at least 4 members (excludes halogenated alkanes) is 2. The quantitative estimate of drug-likeness (QED) is 0.356. The van der Waals surface area contributed by atoms with Crippen LogP contribution < -0.4 is 0 Å². The van der Waals surface area contributed by atoms with Gasteiger partial charge < -0.3 is 0 Å². The summed E-state index contributed by atoms with van der Waals surface area (Å²) in [7, 11) is 0. The number of benzene rings is 1. The van der Waals surface area contributed by atoms with E-state index in [0.717, 1.165) is 18.3 Å². The van der Waals surface area contributed by atoms with Crippen LogP contribution in [0.15, 0.2) is 36.9 Å². The van der Waals surface area contributed by atoms with Crippen molar-refractivity contribution in [3.8, 4) is 0 Å². The van der Waals surface area contributed by atoms with Gasteiger partial charge in [0, 0.05) is 0 Å². The van der Waals surface area contributed by atoms with Gasteiger partial charge in [0.15, 0.2) is 0 Å². The second kappa shape index (κ2) is 9.18. The number of allylic oxidation sites excluding steroid dienone is 1. The molecule has 2 rings (SSSR count). The van der Waals surface area contributed by atoms with Crippen LogP contribution >= 0.6 is 0 Å². The molecular weight excluding hydrogens is 264 g/mol. The molecule has 0 heterocycles. The van der Waals surface area contributed by atoms with E-state index in [1.54, 1.807) is 0 Å². The summed E-state index contributed by atoms with van der Waals surface area (Å²) in [5.74, 6) is 2.56. The first-order valence-electron chi connectivity index (χ1n) is 9.42. The highest BCUT2D eigenvalue weighted by Crippen LogP contribution is 2.41. The zero-order chi connectivity index (χ0) is 15.8. The lowest BCUT2D eigenvalue weighted by Gasteiger charge is -2.34. The normalized spacial score (nSPS) is 23.2. The highest BCUT2D eigenvalue weighted by atomic mass is 14.3. The smallest absolute Gasteiger partial charge is 0.00991 e. The van der Waals surface area contributed by atoms with E-state index in [0.29, 0.717) is 5.92 Å². The van der Waals surface area contributed by atoms with Crippen LogP contribution in [0.3, 0.4) is 0 Å². The van der Waals surface area contributed by atoms with Crippen LogP contribution in [-0.4, -0.2) is 0 Å². The van der Waals surface area contributed by atoms with E-state index in [-0.39, 0.29) is 0 Å². The van der Waals surface area contributed by atoms with Gasteiger partial charge in [-0.3, -0.25) is 0 Å². The molecule has 1 aliphatic rings. The Hall–Kier alpha value is -1.04. The summed E-state index contributed by atoms with van der Waals surface area (Å²) in [6.45, 7) is 8.48. The molecule has 1 atom stereocenters. The summed E-state index contributed by atoms with van der Waals surface area (Å²) >= 11 is 0. The summed E-state index contributed by atoms with van der Waals surface area (Å²) in [6.07, 6.45) is 14.7. The van der Waals surface area contributed by atoms with Crippen molar-refractivity contribution in [2.45, 2.75) is 77.6 Å². The standard InChI is InChI=1S/C22H34/c1-4-6-7-9-19-12-16-21(17-13-19)22(8-5-2)20-14-10-18(3)11-15-20/h5,10-11,14-15,19,21-22H,2,4,6-9,12-13,16-17H2,1,3H3/t19-,21-,22?. The van der Waals surface area contributed by atoms with Crippen molar-refractivity contribution in [1.29, 1.82) is 0 Å². The van der Waals surface area contributed by atoms with Gasteiger partial charge in [0.05, 0.1) is 0 Å². The minimum absolute atomic E-state index is 0.690. The summed E-state index contributed by atoms with van der Waals surface area (Å²) in [4.78, 5) is 0. The molecule has 0 radical (unpaired) electrons. The van der Waals surface area contributed by atoms with E-state index in [1.165, 1.54) is 62.5 Å². The van der Waals surface area contributed by atoms with Crippen molar-refractivity contribution in [3.05, 3.63) is 48.0 Å². The fourth-order valence-corrected chi connectivity index (χ4v) is 4.16. The zero-order valence-electron chi connectivity index (χ0n) is 14.7. The number of aryl methyl sites for hydroxylation is 1. The number of rotatable bonds is 8. The maximum absolute atomic E-state index is 4.00. The fourth-order valence-electron chi connectivity index (χ4n) is 4.16. The molecule has 1 aromatic rings. The maximum atomic E-state index is 4.00. The van der Waals surface area contributed by atoms with E-state index in [4.69, 9.17) is 0 Å². The van der Waals surface area contributed by atoms with Gasteiger partial charge in [0.2, 0.25) is 0 Å². The third-order valence-corrected chi connectivity index (χ3v) is 5.60. The van der Waals surface area contributed by atoms with E-state index in [2.05, 4.69) is 50.8 Å². The molecule has 1 saturated carbocycles.